The molecule has 0 radical (unpaired) electrons. The van der Waals surface area contributed by atoms with Gasteiger partial charge in [-0.15, -0.1) is 0 Å². The Morgan fingerprint density at radius 3 is 1.43 bits per heavy atom. The zero-order valence-corrected chi connectivity index (χ0v) is 11.1. The van der Waals surface area contributed by atoms with Crippen LogP contribution in [0.15, 0.2) is 48.5 Å². The lowest BCUT2D eigenvalue weighted by molar-refractivity contribution is -0.155. The number of benzene rings is 2. The fourth-order valence-corrected chi connectivity index (χ4v) is 2.08. The summed E-state index contributed by atoms with van der Waals surface area (Å²) in [7, 11) is 0. The average Bonchev–Trinajstić information content (AvgIpc) is 2.54. The highest BCUT2D eigenvalue weighted by atomic mass is 19.1. The number of hydrogen-bond donors (Lipinski definition) is 2. The van der Waals surface area contributed by atoms with E-state index in [1.807, 2.05) is 0 Å². The zero-order chi connectivity index (χ0) is 15.5. The van der Waals surface area contributed by atoms with E-state index in [0.717, 1.165) is 0 Å². The number of rotatable bonds is 5. The number of aliphatic carboxylic acids is 1. The molecular formula is C16H14F2O3. The second kappa shape index (κ2) is 6.01. The quantitative estimate of drug-likeness (QED) is 0.890. The Morgan fingerprint density at radius 1 is 0.857 bits per heavy atom. The second-order valence-corrected chi connectivity index (χ2v) is 4.68. The third-order valence-electron chi connectivity index (χ3n) is 3.36. The van der Waals surface area contributed by atoms with Gasteiger partial charge in [0.25, 0.3) is 0 Å². The molecule has 2 rings (SSSR count). The summed E-state index contributed by atoms with van der Waals surface area (Å²) in [5.41, 5.74) is -1.26. The van der Waals surface area contributed by atoms with Crippen molar-refractivity contribution in [3.63, 3.8) is 0 Å². The molecule has 0 spiro atoms. The maximum atomic E-state index is 12.5. The molecule has 21 heavy (non-hydrogen) atoms. The van der Waals surface area contributed by atoms with E-state index in [1.54, 1.807) is 0 Å². The minimum atomic E-state index is -2.26. The van der Waals surface area contributed by atoms with Crippen LogP contribution in [0.1, 0.15) is 22.3 Å². The van der Waals surface area contributed by atoms with E-state index in [1.165, 1.54) is 48.5 Å². The number of carboxylic acids is 1. The molecule has 2 aromatic carbocycles. The molecule has 0 unspecified atom stereocenters. The van der Waals surface area contributed by atoms with Gasteiger partial charge in [-0.05, 0) is 22.3 Å². The molecule has 0 aliphatic rings. The van der Waals surface area contributed by atoms with Gasteiger partial charge in [0.1, 0.15) is 13.3 Å². The first kappa shape index (κ1) is 15.1. The van der Waals surface area contributed by atoms with Crippen LogP contribution in [-0.2, 0) is 23.7 Å². The molecule has 0 atom stereocenters. The Bertz CT molecular complexity index is 573. The molecular weight excluding hydrogens is 278 g/mol. The van der Waals surface area contributed by atoms with Gasteiger partial charge in [-0.3, -0.25) is 0 Å². The molecule has 2 aromatic rings. The fourth-order valence-electron chi connectivity index (χ4n) is 2.08. The minimum absolute atomic E-state index is 0.111. The number of alkyl halides is 2. The van der Waals surface area contributed by atoms with Gasteiger partial charge in [0.2, 0.25) is 5.60 Å². The van der Waals surface area contributed by atoms with Gasteiger partial charge in [-0.25, -0.2) is 13.6 Å². The van der Waals surface area contributed by atoms with Crippen molar-refractivity contribution in [2.24, 2.45) is 0 Å². The van der Waals surface area contributed by atoms with Crippen LogP contribution in [0.5, 0.6) is 0 Å². The highest BCUT2D eigenvalue weighted by Crippen LogP contribution is 2.30. The first-order valence-corrected chi connectivity index (χ1v) is 6.29. The Labute approximate surface area is 120 Å². The van der Waals surface area contributed by atoms with Gasteiger partial charge in [-0.1, -0.05) is 48.5 Å². The standard InChI is InChI=1S/C16H14F2O3/c17-9-11-1-5-13(6-2-11)16(21,15(19)20)14-7-3-12(10-18)4-8-14/h1-8,21H,9-10H2,(H,19,20). The molecule has 0 heterocycles. The lowest BCUT2D eigenvalue weighted by Gasteiger charge is -2.24. The van der Waals surface area contributed by atoms with Crippen LogP contribution >= 0.6 is 0 Å². The predicted octanol–water partition coefficient (Wildman–Crippen LogP) is 2.95. The number of aliphatic hydroxyl groups is 1. The summed E-state index contributed by atoms with van der Waals surface area (Å²) in [5.74, 6) is -1.46. The molecule has 0 fully saturated rings. The smallest absolute Gasteiger partial charge is 0.345 e. The molecule has 0 aromatic heterocycles. The minimum Gasteiger partial charge on any atom is -0.479 e. The molecule has 0 bridgehead atoms. The number of halogens is 2. The second-order valence-electron chi connectivity index (χ2n) is 4.68. The molecule has 0 aliphatic heterocycles. The number of carbonyl (C=O) groups is 1. The lowest BCUT2D eigenvalue weighted by Crippen LogP contribution is -2.36. The van der Waals surface area contributed by atoms with Crippen LogP contribution in [0.25, 0.3) is 0 Å². The summed E-state index contributed by atoms with van der Waals surface area (Å²) < 4.78 is 25.0. The molecule has 0 aliphatic carbocycles. The number of carboxylic acid groups (broad SMARTS) is 1. The van der Waals surface area contributed by atoms with Gasteiger partial charge in [0.15, 0.2) is 0 Å². The fraction of sp³-hybridized carbons (Fsp3) is 0.188. The van der Waals surface area contributed by atoms with E-state index in [9.17, 15) is 23.8 Å². The van der Waals surface area contributed by atoms with Gasteiger partial charge in [-0.2, -0.15) is 0 Å². The maximum Gasteiger partial charge on any atom is 0.345 e. The van der Waals surface area contributed by atoms with Gasteiger partial charge in [0, 0.05) is 0 Å². The van der Waals surface area contributed by atoms with Crippen molar-refractivity contribution in [3.05, 3.63) is 70.8 Å². The first-order valence-electron chi connectivity index (χ1n) is 6.29. The van der Waals surface area contributed by atoms with Crippen LogP contribution in [0, 0.1) is 0 Å². The SMILES string of the molecule is O=C(O)C(O)(c1ccc(CF)cc1)c1ccc(CF)cc1. The summed E-state index contributed by atoms with van der Waals surface area (Å²) >= 11 is 0. The topological polar surface area (TPSA) is 57.5 Å². The Balaban J connectivity index is 2.50. The predicted molar refractivity (Wildman–Crippen MR) is 73.1 cm³/mol. The van der Waals surface area contributed by atoms with Crippen LogP contribution in [0.2, 0.25) is 0 Å². The summed E-state index contributed by atoms with van der Waals surface area (Å²) in [5, 5.41) is 20.0. The molecule has 0 saturated carbocycles. The molecule has 2 N–H and O–H groups in total. The van der Waals surface area contributed by atoms with E-state index in [4.69, 9.17) is 0 Å². The monoisotopic (exact) mass is 292 g/mol. The Hall–Kier alpha value is -2.27. The molecule has 5 heteroatoms. The summed E-state index contributed by atoms with van der Waals surface area (Å²) in [6, 6.07) is 11.1. The van der Waals surface area contributed by atoms with Crippen molar-refractivity contribution >= 4 is 5.97 Å². The summed E-state index contributed by atoms with van der Waals surface area (Å²) in [4.78, 5) is 11.5. The summed E-state index contributed by atoms with van der Waals surface area (Å²) in [6.07, 6.45) is 0. The largest absolute Gasteiger partial charge is 0.479 e. The van der Waals surface area contributed by atoms with Crippen LogP contribution in [-0.4, -0.2) is 16.2 Å². The van der Waals surface area contributed by atoms with E-state index in [0.29, 0.717) is 11.1 Å². The Kier molecular flexibility index (Phi) is 4.33. The molecule has 3 nitrogen and oxygen atoms in total. The van der Waals surface area contributed by atoms with Crippen LogP contribution < -0.4 is 0 Å². The molecule has 0 saturated heterocycles. The highest BCUT2D eigenvalue weighted by molar-refractivity contribution is 5.83. The normalized spacial score (nSPS) is 11.4. The van der Waals surface area contributed by atoms with E-state index >= 15 is 0 Å². The van der Waals surface area contributed by atoms with E-state index < -0.39 is 24.9 Å². The third-order valence-corrected chi connectivity index (χ3v) is 3.36. The van der Waals surface area contributed by atoms with Crippen molar-refractivity contribution < 1.29 is 23.8 Å². The average molecular weight is 292 g/mol. The molecule has 0 amide bonds. The van der Waals surface area contributed by atoms with Crippen LogP contribution in [0.4, 0.5) is 8.78 Å². The van der Waals surface area contributed by atoms with Gasteiger partial charge in [0.05, 0.1) is 0 Å². The van der Waals surface area contributed by atoms with Crippen molar-refractivity contribution in [2.45, 2.75) is 19.0 Å². The van der Waals surface area contributed by atoms with Crippen molar-refractivity contribution in [1.29, 1.82) is 0 Å². The van der Waals surface area contributed by atoms with Crippen molar-refractivity contribution in [3.8, 4) is 0 Å². The van der Waals surface area contributed by atoms with Crippen molar-refractivity contribution in [1.82, 2.24) is 0 Å². The van der Waals surface area contributed by atoms with E-state index in [2.05, 4.69) is 0 Å². The highest BCUT2D eigenvalue weighted by Gasteiger charge is 2.40. The third kappa shape index (κ3) is 2.78. The lowest BCUT2D eigenvalue weighted by atomic mass is 9.85. The molecule has 110 valence electrons. The maximum absolute atomic E-state index is 12.5. The zero-order valence-electron chi connectivity index (χ0n) is 11.1. The van der Waals surface area contributed by atoms with E-state index in [-0.39, 0.29) is 11.1 Å². The first-order chi connectivity index (χ1) is 10.0. The van der Waals surface area contributed by atoms with Crippen molar-refractivity contribution in [2.75, 3.05) is 0 Å². The summed E-state index contributed by atoms with van der Waals surface area (Å²) in [6.45, 7) is -1.34. The Morgan fingerprint density at radius 2 is 1.19 bits per heavy atom. The van der Waals surface area contributed by atoms with Crippen LogP contribution in [0.3, 0.4) is 0 Å². The van der Waals surface area contributed by atoms with Gasteiger partial charge < -0.3 is 10.2 Å². The van der Waals surface area contributed by atoms with Gasteiger partial charge >= 0.3 is 5.97 Å². The number of hydrogen-bond acceptors (Lipinski definition) is 2.